The Labute approximate surface area is 217 Å². The molecule has 0 unspecified atom stereocenters. The summed E-state index contributed by atoms with van der Waals surface area (Å²) in [5.41, 5.74) is 2.77. The van der Waals surface area contributed by atoms with E-state index in [0.29, 0.717) is 42.0 Å². The lowest BCUT2D eigenvalue weighted by Crippen LogP contribution is -2.57. The number of anilines is 3. The minimum atomic E-state index is -3.02. The van der Waals surface area contributed by atoms with Gasteiger partial charge in [0.2, 0.25) is 0 Å². The van der Waals surface area contributed by atoms with E-state index in [9.17, 15) is 13.2 Å². The Morgan fingerprint density at radius 2 is 1.92 bits per heavy atom. The fraction of sp³-hybridized carbons (Fsp3) is 0.407. The number of nitrogens with one attached hydrogen (secondary N) is 1. The number of carbonyl (C=O) groups excluding carboxylic acids is 1. The van der Waals surface area contributed by atoms with Gasteiger partial charge >= 0.3 is 0 Å². The molecule has 0 aliphatic carbocycles. The van der Waals surface area contributed by atoms with Crippen molar-refractivity contribution in [3.8, 4) is 0 Å². The summed E-state index contributed by atoms with van der Waals surface area (Å²) in [6.45, 7) is 7.66. The lowest BCUT2D eigenvalue weighted by molar-refractivity contribution is -0.122. The van der Waals surface area contributed by atoms with Crippen LogP contribution < -0.4 is 10.2 Å². The molecule has 0 radical (unpaired) electrons. The third-order valence-electron chi connectivity index (χ3n) is 7.26. The van der Waals surface area contributed by atoms with Crippen LogP contribution in [0.1, 0.15) is 38.1 Å². The average molecular weight is 521 g/mol. The van der Waals surface area contributed by atoms with E-state index in [4.69, 9.17) is 0 Å². The van der Waals surface area contributed by atoms with Gasteiger partial charge in [-0.1, -0.05) is 19.9 Å². The molecule has 1 fully saturated rings. The fourth-order valence-electron chi connectivity index (χ4n) is 5.14. The molecule has 5 rings (SSSR count). The third-order valence-corrected chi connectivity index (χ3v) is 8.30. The molecule has 1 saturated heterocycles. The molecule has 3 aromatic rings. The van der Waals surface area contributed by atoms with Gasteiger partial charge in [-0.2, -0.15) is 0 Å². The number of nitrogens with zero attached hydrogens (tertiary/aromatic N) is 5. The SMILES string of the molecule is CC(C)c1ccc(N2C[C@H](CS(C)(=O)=O)[C@H]2C)c2cnc(Nc3ccnc(C4=CCN(C)C4=O)n3)cc12. The summed E-state index contributed by atoms with van der Waals surface area (Å²) in [6.07, 6.45) is 6.64. The normalized spacial score (nSPS) is 19.9. The maximum absolute atomic E-state index is 12.4. The molecule has 2 aliphatic heterocycles. The van der Waals surface area contributed by atoms with E-state index >= 15 is 0 Å². The lowest BCUT2D eigenvalue weighted by atomic mass is 9.88. The van der Waals surface area contributed by atoms with Gasteiger partial charge in [0.05, 0.1) is 11.3 Å². The van der Waals surface area contributed by atoms with E-state index < -0.39 is 9.84 Å². The van der Waals surface area contributed by atoms with Crippen LogP contribution in [-0.2, 0) is 14.6 Å². The van der Waals surface area contributed by atoms with Crippen LogP contribution in [0.15, 0.2) is 42.7 Å². The van der Waals surface area contributed by atoms with Gasteiger partial charge in [-0.05, 0) is 48.1 Å². The van der Waals surface area contributed by atoms with Crippen LogP contribution >= 0.6 is 0 Å². The number of aromatic nitrogens is 3. The number of benzene rings is 1. The summed E-state index contributed by atoms with van der Waals surface area (Å²) in [4.78, 5) is 29.8. The zero-order chi connectivity index (χ0) is 26.5. The Kier molecular flexibility index (Phi) is 6.39. The van der Waals surface area contributed by atoms with Crippen LogP contribution in [0, 0.1) is 5.92 Å². The van der Waals surface area contributed by atoms with Crippen LogP contribution in [0.25, 0.3) is 16.3 Å². The van der Waals surface area contributed by atoms with Gasteiger partial charge in [-0.25, -0.2) is 23.4 Å². The van der Waals surface area contributed by atoms with Crippen molar-refractivity contribution in [1.29, 1.82) is 0 Å². The molecule has 10 heteroatoms. The minimum absolute atomic E-state index is 0.0888. The number of likely N-dealkylation sites (N-methyl/N-ethyl adjacent to an activating group) is 1. The number of rotatable bonds is 7. The second-order valence-corrected chi connectivity index (χ2v) is 12.6. The van der Waals surface area contributed by atoms with Gasteiger partial charge < -0.3 is 15.1 Å². The Balaban J connectivity index is 1.45. The van der Waals surface area contributed by atoms with E-state index in [1.54, 1.807) is 24.2 Å². The summed E-state index contributed by atoms with van der Waals surface area (Å²) in [5.74, 6) is 2.14. The van der Waals surface area contributed by atoms with Gasteiger partial charge in [0.25, 0.3) is 5.91 Å². The first-order chi connectivity index (χ1) is 17.5. The molecule has 1 aromatic carbocycles. The second-order valence-electron chi connectivity index (χ2n) is 10.4. The summed E-state index contributed by atoms with van der Waals surface area (Å²) < 4.78 is 23.6. The van der Waals surface area contributed by atoms with E-state index in [0.717, 1.165) is 16.5 Å². The number of fused-ring (bicyclic) bond motifs is 1. The predicted molar refractivity (Wildman–Crippen MR) is 147 cm³/mol. The quantitative estimate of drug-likeness (QED) is 0.503. The number of hydrogen-bond donors (Lipinski definition) is 1. The highest BCUT2D eigenvalue weighted by Gasteiger charge is 2.38. The van der Waals surface area contributed by atoms with Gasteiger partial charge in [-0.15, -0.1) is 0 Å². The highest BCUT2D eigenvalue weighted by molar-refractivity contribution is 7.90. The average Bonchev–Trinajstić information content (AvgIpc) is 3.18. The van der Waals surface area contributed by atoms with E-state index in [1.165, 1.54) is 11.8 Å². The van der Waals surface area contributed by atoms with Crippen molar-refractivity contribution in [3.63, 3.8) is 0 Å². The van der Waals surface area contributed by atoms with Crippen LogP contribution in [0.3, 0.4) is 0 Å². The number of pyridine rings is 1. The summed E-state index contributed by atoms with van der Waals surface area (Å²) in [7, 11) is -1.26. The van der Waals surface area contributed by atoms with Gasteiger partial charge in [0.15, 0.2) is 5.82 Å². The second kappa shape index (κ2) is 9.41. The molecule has 2 atom stereocenters. The number of amides is 1. The standard InChI is InChI=1S/C27H32N6O3S/c1-16(2)19-6-7-23(33-14-18(17(33)3)15-37(5,35)36)22-13-29-25(12-21(19)22)30-24-8-10-28-26(31-24)20-9-11-32(4)27(20)34/h6-10,12-13,16-18H,11,14-15H2,1-5H3,(H,28,29,30,31)/t17-,18-/m1/s1. The molecule has 194 valence electrons. The molecule has 0 spiro atoms. The van der Waals surface area contributed by atoms with E-state index in [1.807, 2.05) is 18.3 Å². The fourth-order valence-corrected chi connectivity index (χ4v) is 6.30. The Bertz CT molecular complexity index is 1520. The lowest BCUT2D eigenvalue weighted by Gasteiger charge is -2.48. The number of hydrogen-bond acceptors (Lipinski definition) is 8. The van der Waals surface area contributed by atoms with Gasteiger partial charge in [-0.3, -0.25) is 4.79 Å². The van der Waals surface area contributed by atoms with E-state index in [2.05, 4.69) is 58.1 Å². The maximum Gasteiger partial charge on any atom is 0.257 e. The van der Waals surface area contributed by atoms with Gasteiger partial charge in [0, 0.05) is 61.8 Å². The first-order valence-electron chi connectivity index (χ1n) is 12.4. The Morgan fingerprint density at radius 1 is 1.14 bits per heavy atom. The number of carbonyl (C=O) groups is 1. The minimum Gasteiger partial charge on any atom is -0.368 e. The first-order valence-corrected chi connectivity index (χ1v) is 14.5. The summed E-state index contributed by atoms with van der Waals surface area (Å²) >= 11 is 0. The van der Waals surface area contributed by atoms with Crippen molar-refractivity contribution in [2.24, 2.45) is 5.92 Å². The maximum atomic E-state index is 12.4. The molecule has 37 heavy (non-hydrogen) atoms. The van der Waals surface area contributed by atoms with Crippen LogP contribution in [0.5, 0.6) is 0 Å². The summed E-state index contributed by atoms with van der Waals surface area (Å²) in [5, 5.41) is 5.40. The van der Waals surface area contributed by atoms with Crippen LogP contribution in [0.4, 0.5) is 17.3 Å². The topological polar surface area (TPSA) is 108 Å². The highest BCUT2D eigenvalue weighted by Crippen LogP contribution is 2.39. The molecular weight excluding hydrogens is 488 g/mol. The monoisotopic (exact) mass is 520 g/mol. The molecule has 4 heterocycles. The van der Waals surface area contributed by atoms with E-state index in [-0.39, 0.29) is 23.6 Å². The molecule has 0 bridgehead atoms. The van der Waals surface area contributed by atoms with Crippen molar-refractivity contribution >= 4 is 49.4 Å². The highest BCUT2D eigenvalue weighted by atomic mass is 32.2. The zero-order valence-electron chi connectivity index (χ0n) is 21.8. The molecule has 2 aromatic heterocycles. The smallest absolute Gasteiger partial charge is 0.257 e. The largest absolute Gasteiger partial charge is 0.368 e. The van der Waals surface area contributed by atoms with Crippen molar-refractivity contribution in [2.45, 2.75) is 32.7 Å². The molecular formula is C27H32N6O3S. The number of sulfone groups is 1. The molecule has 1 N–H and O–H groups in total. The van der Waals surface area contributed by atoms with Crippen molar-refractivity contribution < 1.29 is 13.2 Å². The molecule has 9 nitrogen and oxygen atoms in total. The Hall–Kier alpha value is -3.53. The molecule has 1 amide bonds. The van der Waals surface area contributed by atoms with Crippen LogP contribution in [-0.4, -0.2) is 72.4 Å². The Morgan fingerprint density at radius 3 is 2.57 bits per heavy atom. The molecule has 2 aliphatic rings. The van der Waals surface area contributed by atoms with Crippen LogP contribution in [0.2, 0.25) is 0 Å². The predicted octanol–water partition coefficient (Wildman–Crippen LogP) is 3.62. The third kappa shape index (κ3) is 4.90. The molecule has 0 saturated carbocycles. The van der Waals surface area contributed by atoms with Crippen molar-refractivity contribution in [2.75, 3.05) is 42.4 Å². The van der Waals surface area contributed by atoms with Crippen molar-refractivity contribution in [1.82, 2.24) is 19.9 Å². The zero-order valence-corrected chi connectivity index (χ0v) is 22.6. The van der Waals surface area contributed by atoms with Gasteiger partial charge in [0.1, 0.15) is 21.5 Å². The van der Waals surface area contributed by atoms with Crippen molar-refractivity contribution in [3.05, 3.63) is 54.1 Å². The first kappa shape index (κ1) is 25.1. The summed E-state index contributed by atoms with van der Waals surface area (Å²) in [6, 6.07) is 8.19.